The van der Waals surface area contributed by atoms with E-state index in [4.69, 9.17) is 23.2 Å². The second-order valence-corrected chi connectivity index (χ2v) is 3.69. The van der Waals surface area contributed by atoms with Gasteiger partial charge >= 0.3 is 0 Å². The van der Waals surface area contributed by atoms with Gasteiger partial charge in [0.25, 0.3) is 0 Å². The minimum Gasteiger partial charge on any atom is -0.221 e. The molecule has 1 N–H and O–H groups in total. The lowest BCUT2D eigenvalue weighted by Gasteiger charge is -1.98. The highest BCUT2D eigenvalue weighted by atomic mass is 35.5. The smallest absolute Gasteiger partial charge is 0.139 e. The fourth-order valence-corrected chi connectivity index (χ4v) is 1.32. The van der Waals surface area contributed by atoms with Crippen molar-refractivity contribution in [1.29, 1.82) is 0 Å². The second-order valence-electron chi connectivity index (χ2n) is 2.87. The predicted octanol–water partition coefficient (Wildman–Crippen LogP) is 2.16. The van der Waals surface area contributed by atoms with Gasteiger partial charge in [0.05, 0.1) is 16.3 Å². The van der Waals surface area contributed by atoms with Crippen molar-refractivity contribution in [3.05, 3.63) is 46.5 Å². The Morgan fingerprint density at radius 3 is 2.88 bits per heavy atom. The lowest BCUT2D eigenvalue weighted by Crippen LogP contribution is -2.08. The average molecular weight is 256 g/mol. The molecule has 0 atom stereocenters. The second kappa shape index (κ2) is 4.96. The van der Waals surface area contributed by atoms with Gasteiger partial charge < -0.3 is 0 Å². The molecule has 2 aromatic rings. The molecule has 82 valence electrons. The number of benzene rings is 1. The third kappa shape index (κ3) is 2.71. The number of nitrogens with one attached hydrogen (secondary N) is 1. The standard InChI is InChI=1S/C9H7Cl2N5/c10-8-2-1-7(3-9(8)11)4-13-15-16-6-12-5-14-16/h1-6,15H. The van der Waals surface area contributed by atoms with Gasteiger partial charge in [0.1, 0.15) is 12.7 Å². The number of hydrogen-bond acceptors (Lipinski definition) is 4. The molecule has 0 aliphatic rings. The number of rotatable bonds is 3. The molecule has 0 saturated heterocycles. The highest BCUT2D eigenvalue weighted by Gasteiger charge is 1.96. The van der Waals surface area contributed by atoms with Gasteiger partial charge in [-0.3, -0.25) is 0 Å². The molecule has 0 bridgehead atoms. The zero-order valence-electron chi connectivity index (χ0n) is 8.01. The lowest BCUT2D eigenvalue weighted by atomic mass is 10.2. The monoisotopic (exact) mass is 255 g/mol. The number of hydrazone groups is 1. The summed E-state index contributed by atoms with van der Waals surface area (Å²) in [6, 6.07) is 5.23. The molecule has 5 nitrogen and oxygen atoms in total. The summed E-state index contributed by atoms with van der Waals surface area (Å²) in [4.78, 5) is 5.12. The average Bonchev–Trinajstić information content (AvgIpc) is 2.76. The van der Waals surface area contributed by atoms with E-state index in [9.17, 15) is 0 Å². The van der Waals surface area contributed by atoms with Crippen LogP contribution in [0.4, 0.5) is 0 Å². The van der Waals surface area contributed by atoms with Crippen molar-refractivity contribution in [2.45, 2.75) is 0 Å². The van der Waals surface area contributed by atoms with E-state index in [1.165, 1.54) is 17.4 Å². The number of nitrogens with zero attached hydrogens (tertiary/aromatic N) is 4. The first-order valence-corrected chi connectivity index (χ1v) is 5.10. The van der Waals surface area contributed by atoms with Crippen LogP contribution in [-0.2, 0) is 0 Å². The summed E-state index contributed by atoms with van der Waals surface area (Å²) >= 11 is 11.6. The van der Waals surface area contributed by atoms with Crippen molar-refractivity contribution in [3.8, 4) is 0 Å². The number of halogens is 2. The van der Waals surface area contributed by atoms with Gasteiger partial charge in [0.15, 0.2) is 0 Å². The van der Waals surface area contributed by atoms with Crippen molar-refractivity contribution in [1.82, 2.24) is 14.9 Å². The quantitative estimate of drug-likeness (QED) is 0.676. The maximum Gasteiger partial charge on any atom is 0.139 e. The molecule has 0 saturated carbocycles. The molecule has 16 heavy (non-hydrogen) atoms. The molecule has 0 fully saturated rings. The summed E-state index contributed by atoms with van der Waals surface area (Å²) in [5, 5.41) is 8.76. The lowest BCUT2D eigenvalue weighted by molar-refractivity contribution is 0.754. The third-order valence-corrected chi connectivity index (χ3v) is 2.48. The van der Waals surface area contributed by atoms with Gasteiger partial charge in [-0.1, -0.05) is 29.3 Å². The van der Waals surface area contributed by atoms with Crippen LogP contribution in [0, 0.1) is 0 Å². The van der Waals surface area contributed by atoms with Gasteiger partial charge in [-0.2, -0.15) is 10.6 Å². The van der Waals surface area contributed by atoms with E-state index in [1.807, 2.05) is 0 Å². The Hall–Kier alpha value is -1.59. The SMILES string of the molecule is Clc1ccc(C=NNn2cncn2)cc1Cl. The summed E-state index contributed by atoms with van der Waals surface area (Å²) in [6.07, 6.45) is 4.50. The Labute approximate surface area is 102 Å². The van der Waals surface area contributed by atoms with Crippen LogP contribution in [0.15, 0.2) is 36.0 Å². The fourth-order valence-electron chi connectivity index (χ4n) is 1.02. The Morgan fingerprint density at radius 1 is 1.31 bits per heavy atom. The first-order chi connectivity index (χ1) is 7.75. The van der Waals surface area contributed by atoms with E-state index in [2.05, 4.69) is 20.7 Å². The fraction of sp³-hybridized carbons (Fsp3) is 0. The molecule has 0 spiro atoms. The summed E-state index contributed by atoms with van der Waals surface area (Å²) < 4.78 is 0. The Bertz CT molecular complexity index is 495. The number of aromatic nitrogens is 3. The van der Waals surface area contributed by atoms with Crippen LogP contribution >= 0.6 is 23.2 Å². The molecule has 0 radical (unpaired) electrons. The largest absolute Gasteiger partial charge is 0.221 e. The molecule has 1 aromatic carbocycles. The summed E-state index contributed by atoms with van der Waals surface area (Å²) in [5.41, 5.74) is 3.48. The molecule has 0 aliphatic heterocycles. The summed E-state index contributed by atoms with van der Waals surface area (Å²) in [6.45, 7) is 0. The van der Waals surface area contributed by atoms with E-state index in [0.717, 1.165) is 5.56 Å². The van der Waals surface area contributed by atoms with E-state index in [0.29, 0.717) is 10.0 Å². The van der Waals surface area contributed by atoms with Gasteiger partial charge in [0, 0.05) is 0 Å². The van der Waals surface area contributed by atoms with Crippen LogP contribution in [0.1, 0.15) is 5.56 Å². The van der Waals surface area contributed by atoms with E-state index < -0.39 is 0 Å². The van der Waals surface area contributed by atoms with Crippen molar-refractivity contribution in [2.24, 2.45) is 5.10 Å². The van der Waals surface area contributed by atoms with Crippen LogP contribution in [0.25, 0.3) is 0 Å². The first kappa shape index (κ1) is 10.9. The first-order valence-electron chi connectivity index (χ1n) is 4.34. The normalized spacial score (nSPS) is 10.9. The highest BCUT2D eigenvalue weighted by Crippen LogP contribution is 2.21. The van der Waals surface area contributed by atoms with E-state index in [-0.39, 0.29) is 0 Å². The zero-order chi connectivity index (χ0) is 11.4. The van der Waals surface area contributed by atoms with Gasteiger partial charge in [0.2, 0.25) is 0 Å². The molecule has 0 amide bonds. The maximum atomic E-state index is 5.85. The molecule has 7 heteroatoms. The Morgan fingerprint density at radius 2 is 2.19 bits per heavy atom. The Balaban J connectivity index is 2.03. The molecule has 2 rings (SSSR count). The zero-order valence-corrected chi connectivity index (χ0v) is 9.52. The molecule has 0 aliphatic carbocycles. The minimum absolute atomic E-state index is 0.492. The molecular weight excluding hydrogens is 249 g/mol. The van der Waals surface area contributed by atoms with Crippen LogP contribution in [0.5, 0.6) is 0 Å². The predicted molar refractivity (Wildman–Crippen MR) is 63.4 cm³/mol. The van der Waals surface area contributed by atoms with Crippen molar-refractivity contribution in [3.63, 3.8) is 0 Å². The molecule has 1 aromatic heterocycles. The van der Waals surface area contributed by atoms with E-state index >= 15 is 0 Å². The van der Waals surface area contributed by atoms with Gasteiger partial charge in [-0.05, 0) is 17.7 Å². The topological polar surface area (TPSA) is 55.1 Å². The third-order valence-electron chi connectivity index (χ3n) is 1.74. The molecule has 1 heterocycles. The van der Waals surface area contributed by atoms with Crippen LogP contribution in [0.3, 0.4) is 0 Å². The van der Waals surface area contributed by atoms with Crippen LogP contribution in [-0.4, -0.2) is 21.1 Å². The van der Waals surface area contributed by atoms with Crippen molar-refractivity contribution < 1.29 is 0 Å². The Kier molecular flexibility index (Phi) is 3.38. The van der Waals surface area contributed by atoms with Crippen molar-refractivity contribution in [2.75, 3.05) is 5.53 Å². The van der Waals surface area contributed by atoms with Gasteiger partial charge in [-0.25, -0.2) is 4.98 Å². The van der Waals surface area contributed by atoms with E-state index in [1.54, 1.807) is 24.4 Å². The highest BCUT2D eigenvalue weighted by molar-refractivity contribution is 6.42. The molecular formula is C9H7Cl2N5. The van der Waals surface area contributed by atoms with Crippen LogP contribution < -0.4 is 5.53 Å². The minimum atomic E-state index is 0.492. The number of hydrogen-bond donors (Lipinski definition) is 1. The van der Waals surface area contributed by atoms with Crippen LogP contribution in [0.2, 0.25) is 10.0 Å². The summed E-state index contributed by atoms with van der Waals surface area (Å²) in [7, 11) is 0. The van der Waals surface area contributed by atoms with Gasteiger partial charge in [-0.15, -0.1) is 9.89 Å². The van der Waals surface area contributed by atoms with Crippen molar-refractivity contribution >= 4 is 29.4 Å². The summed E-state index contributed by atoms with van der Waals surface area (Å²) in [5.74, 6) is 0. The molecule has 0 unspecified atom stereocenters. The maximum absolute atomic E-state index is 5.85.